The lowest BCUT2D eigenvalue weighted by Gasteiger charge is -2.18. The van der Waals surface area contributed by atoms with E-state index in [9.17, 15) is 18.0 Å². The van der Waals surface area contributed by atoms with Crippen LogP contribution >= 0.6 is 0 Å². The van der Waals surface area contributed by atoms with Crippen molar-refractivity contribution in [2.24, 2.45) is 7.05 Å². The maximum atomic E-state index is 15.0. The fraction of sp³-hybridized carbons (Fsp3) is 0.192. The van der Waals surface area contributed by atoms with E-state index in [1.807, 2.05) is 6.07 Å². The quantitative estimate of drug-likeness (QED) is 0.247. The van der Waals surface area contributed by atoms with Gasteiger partial charge in [0.1, 0.15) is 17.6 Å². The zero-order chi connectivity index (χ0) is 27.4. The van der Waals surface area contributed by atoms with Crippen LogP contribution in [0.4, 0.5) is 28.9 Å². The first-order valence-electron chi connectivity index (χ1n) is 11.2. The van der Waals surface area contributed by atoms with Gasteiger partial charge in [-0.2, -0.15) is 23.5 Å². The molecule has 0 saturated heterocycles. The number of esters is 1. The summed E-state index contributed by atoms with van der Waals surface area (Å²) in [6, 6.07) is 13.4. The average molecular weight is 524 g/mol. The smallest absolute Gasteiger partial charge is 0.417 e. The molecule has 2 aromatic heterocycles. The fourth-order valence-corrected chi connectivity index (χ4v) is 3.80. The molecule has 38 heavy (non-hydrogen) atoms. The number of ether oxygens (including phenoxy) is 1. The first-order valence-corrected chi connectivity index (χ1v) is 11.2. The van der Waals surface area contributed by atoms with Crippen molar-refractivity contribution in [1.29, 1.82) is 5.26 Å². The molecule has 0 bridgehead atoms. The first-order chi connectivity index (χ1) is 18.1. The SMILES string of the molecule is COC(=O)C(CC#N)c1ncc(Nc2cc(-c3ccn(C)n3)c(C(F)(F)F)cc2F)c(-c2ccccc2)n1. The van der Waals surface area contributed by atoms with Crippen molar-refractivity contribution in [3.8, 4) is 28.6 Å². The Balaban J connectivity index is 1.85. The van der Waals surface area contributed by atoms with E-state index >= 15 is 4.39 Å². The van der Waals surface area contributed by atoms with Crippen LogP contribution in [0.25, 0.3) is 22.5 Å². The number of anilines is 2. The molecule has 4 rings (SSSR count). The van der Waals surface area contributed by atoms with Gasteiger partial charge in [0.25, 0.3) is 0 Å². The predicted octanol–water partition coefficient (Wildman–Crippen LogP) is 5.62. The van der Waals surface area contributed by atoms with Crippen LogP contribution in [0, 0.1) is 17.1 Å². The number of benzene rings is 2. The van der Waals surface area contributed by atoms with E-state index in [4.69, 9.17) is 10.00 Å². The molecule has 194 valence electrons. The predicted molar refractivity (Wildman–Crippen MR) is 129 cm³/mol. The molecule has 12 heteroatoms. The largest absolute Gasteiger partial charge is 0.468 e. The molecule has 0 amide bonds. The maximum Gasteiger partial charge on any atom is 0.417 e. The summed E-state index contributed by atoms with van der Waals surface area (Å²) in [6.45, 7) is 0. The van der Waals surface area contributed by atoms with Crippen molar-refractivity contribution in [3.63, 3.8) is 0 Å². The summed E-state index contributed by atoms with van der Waals surface area (Å²) in [7, 11) is 2.73. The van der Waals surface area contributed by atoms with Crippen LogP contribution in [-0.4, -0.2) is 32.8 Å². The third-order valence-electron chi connectivity index (χ3n) is 5.62. The number of hydrogen-bond acceptors (Lipinski definition) is 7. The van der Waals surface area contributed by atoms with Gasteiger partial charge in [-0.15, -0.1) is 0 Å². The fourth-order valence-electron chi connectivity index (χ4n) is 3.80. The number of halogens is 4. The lowest BCUT2D eigenvalue weighted by Crippen LogP contribution is -2.17. The van der Waals surface area contributed by atoms with Crippen LogP contribution in [-0.2, 0) is 22.8 Å². The monoisotopic (exact) mass is 524 g/mol. The Kier molecular flexibility index (Phi) is 7.38. The standard InChI is InChI=1S/C26H20F4N6O2/c1-36-11-9-20(35-36)17-12-21(19(27)13-18(17)26(28,29)30)33-22-14-32-24(16(8-10-31)25(37)38-2)34-23(22)15-6-4-3-5-7-15/h3-7,9,11-14,16,33H,8H2,1-2H3. The van der Waals surface area contributed by atoms with E-state index < -0.39 is 29.4 Å². The molecule has 8 nitrogen and oxygen atoms in total. The van der Waals surface area contributed by atoms with Crippen LogP contribution in [0.2, 0.25) is 0 Å². The van der Waals surface area contributed by atoms with Crippen molar-refractivity contribution in [1.82, 2.24) is 19.7 Å². The number of aryl methyl sites for hydroxylation is 1. The highest BCUT2D eigenvalue weighted by Gasteiger charge is 2.36. The van der Waals surface area contributed by atoms with Gasteiger partial charge in [0, 0.05) is 24.4 Å². The highest BCUT2D eigenvalue weighted by Crippen LogP contribution is 2.40. The summed E-state index contributed by atoms with van der Waals surface area (Å²) in [5.74, 6) is -2.93. The normalized spacial score (nSPS) is 12.0. The van der Waals surface area contributed by atoms with Gasteiger partial charge in [0.05, 0.1) is 54.1 Å². The Labute approximate surface area is 214 Å². The van der Waals surface area contributed by atoms with Gasteiger partial charge in [-0.1, -0.05) is 30.3 Å². The van der Waals surface area contributed by atoms with Gasteiger partial charge in [-0.3, -0.25) is 9.48 Å². The Morgan fingerprint density at radius 1 is 1.18 bits per heavy atom. The van der Waals surface area contributed by atoms with E-state index in [1.54, 1.807) is 37.4 Å². The van der Waals surface area contributed by atoms with Crippen molar-refractivity contribution in [2.75, 3.05) is 12.4 Å². The minimum Gasteiger partial charge on any atom is -0.468 e. The second kappa shape index (κ2) is 10.7. The van der Waals surface area contributed by atoms with E-state index in [0.717, 1.165) is 6.07 Å². The lowest BCUT2D eigenvalue weighted by molar-refractivity contribution is -0.142. The molecule has 2 aromatic carbocycles. The molecule has 1 atom stereocenters. The van der Waals surface area contributed by atoms with Crippen molar-refractivity contribution in [3.05, 3.63) is 78.1 Å². The summed E-state index contributed by atoms with van der Waals surface area (Å²) >= 11 is 0. The average Bonchev–Trinajstić information content (AvgIpc) is 3.34. The lowest BCUT2D eigenvalue weighted by atomic mass is 10.0. The molecule has 0 spiro atoms. The number of carbonyl (C=O) groups excluding carboxylic acids is 1. The maximum absolute atomic E-state index is 15.0. The first kappa shape index (κ1) is 26.3. The number of nitrogens with one attached hydrogen (secondary N) is 1. The molecular weight excluding hydrogens is 504 g/mol. The molecule has 0 saturated carbocycles. The summed E-state index contributed by atoms with van der Waals surface area (Å²) in [5, 5.41) is 16.0. The number of alkyl halides is 3. The van der Waals surface area contributed by atoms with Crippen molar-refractivity contribution in [2.45, 2.75) is 18.5 Å². The van der Waals surface area contributed by atoms with Gasteiger partial charge in [0.2, 0.25) is 0 Å². The minimum absolute atomic E-state index is 0.00451. The Bertz CT molecular complexity index is 1510. The van der Waals surface area contributed by atoms with E-state index in [0.29, 0.717) is 11.6 Å². The number of nitriles is 1. The van der Waals surface area contributed by atoms with Gasteiger partial charge in [-0.05, 0) is 18.2 Å². The number of nitrogens with zero attached hydrogens (tertiary/aromatic N) is 5. The van der Waals surface area contributed by atoms with E-state index in [2.05, 4.69) is 20.4 Å². The summed E-state index contributed by atoms with van der Waals surface area (Å²) in [4.78, 5) is 20.9. The van der Waals surface area contributed by atoms with Crippen molar-refractivity contribution < 1.29 is 27.1 Å². The molecule has 0 radical (unpaired) electrons. The van der Waals surface area contributed by atoms with Gasteiger partial charge < -0.3 is 10.1 Å². The molecule has 1 N–H and O–H groups in total. The summed E-state index contributed by atoms with van der Waals surface area (Å²) in [5.41, 5.74) is -0.806. The molecule has 0 aliphatic heterocycles. The highest BCUT2D eigenvalue weighted by atomic mass is 19.4. The zero-order valence-electron chi connectivity index (χ0n) is 20.1. The Hall–Kier alpha value is -4.79. The second-order valence-corrected chi connectivity index (χ2v) is 8.17. The summed E-state index contributed by atoms with van der Waals surface area (Å²) in [6.07, 6.45) is -2.31. The zero-order valence-corrected chi connectivity index (χ0v) is 20.1. The van der Waals surface area contributed by atoms with Gasteiger partial charge >= 0.3 is 12.1 Å². The second-order valence-electron chi connectivity index (χ2n) is 8.17. The third kappa shape index (κ3) is 5.46. The number of methoxy groups -OCH3 is 1. The topological polar surface area (TPSA) is 106 Å². The highest BCUT2D eigenvalue weighted by molar-refractivity contribution is 5.81. The molecule has 4 aromatic rings. The van der Waals surface area contributed by atoms with Crippen LogP contribution in [0.3, 0.4) is 0 Å². The van der Waals surface area contributed by atoms with E-state index in [-0.39, 0.29) is 40.6 Å². The van der Waals surface area contributed by atoms with Crippen LogP contribution in [0.1, 0.15) is 23.7 Å². The molecule has 0 fully saturated rings. The molecular formula is C26H20F4N6O2. The van der Waals surface area contributed by atoms with Crippen molar-refractivity contribution >= 4 is 17.3 Å². The van der Waals surface area contributed by atoms with Crippen LogP contribution in [0.5, 0.6) is 0 Å². The summed E-state index contributed by atoms with van der Waals surface area (Å²) < 4.78 is 62.4. The number of rotatable bonds is 7. The van der Waals surface area contributed by atoms with E-state index in [1.165, 1.54) is 30.3 Å². The number of hydrogen-bond donors (Lipinski definition) is 1. The molecule has 2 heterocycles. The molecule has 0 aliphatic carbocycles. The minimum atomic E-state index is -4.82. The number of carbonyl (C=O) groups is 1. The third-order valence-corrected chi connectivity index (χ3v) is 5.62. The Morgan fingerprint density at radius 3 is 2.53 bits per heavy atom. The van der Waals surface area contributed by atoms with Gasteiger partial charge in [0.15, 0.2) is 0 Å². The van der Waals surface area contributed by atoms with Crippen LogP contribution < -0.4 is 5.32 Å². The van der Waals surface area contributed by atoms with Crippen LogP contribution in [0.15, 0.2) is 60.9 Å². The van der Waals surface area contributed by atoms with Gasteiger partial charge in [-0.25, -0.2) is 14.4 Å². The molecule has 1 unspecified atom stereocenters. The number of aromatic nitrogens is 4. The Morgan fingerprint density at radius 2 is 1.92 bits per heavy atom. The molecule has 0 aliphatic rings.